The number of nitrogens with zero attached hydrogens (tertiary/aromatic N) is 3. The largest absolute Gasteiger partial charge is 0.493 e. The zero-order valence-electron chi connectivity index (χ0n) is 20.8. The van der Waals surface area contributed by atoms with E-state index in [9.17, 15) is 14.7 Å². The Bertz CT molecular complexity index is 1140. The van der Waals surface area contributed by atoms with Crippen molar-refractivity contribution in [1.29, 1.82) is 0 Å². The van der Waals surface area contributed by atoms with Crippen LogP contribution < -0.4 is 14.2 Å². The zero-order chi connectivity index (χ0) is 27.1. The van der Waals surface area contributed by atoms with Crippen LogP contribution in [0.5, 0.6) is 17.5 Å². The van der Waals surface area contributed by atoms with Crippen LogP contribution in [0.25, 0.3) is 0 Å². The number of benzene rings is 1. The summed E-state index contributed by atoms with van der Waals surface area (Å²) in [6.07, 6.45) is 2.93. The van der Waals surface area contributed by atoms with Crippen LogP contribution in [0, 0.1) is 0 Å². The predicted molar refractivity (Wildman–Crippen MR) is 131 cm³/mol. The number of aliphatic imine (C=N–C) groups is 1. The molecule has 1 fully saturated rings. The third kappa shape index (κ3) is 6.71. The summed E-state index contributed by atoms with van der Waals surface area (Å²) in [4.78, 5) is 32.9. The molecule has 200 valence electrons. The summed E-state index contributed by atoms with van der Waals surface area (Å²) < 4.78 is 16.4. The molecule has 1 saturated carbocycles. The highest BCUT2D eigenvalue weighted by Crippen LogP contribution is 2.44. The second-order valence-corrected chi connectivity index (χ2v) is 8.55. The number of aliphatic hydroxyl groups excluding tert-OH is 2. The summed E-state index contributed by atoms with van der Waals surface area (Å²) in [5, 5.41) is 34.4. The lowest BCUT2D eigenvalue weighted by Gasteiger charge is -2.37. The monoisotopic (exact) mass is 517 g/mol. The molecule has 4 rings (SSSR count). The number of aliphatic carboxylic acids is 2. The molecule has 12 heteroatoms. The van der Waals surface area contributed by atoms with Gasteiger partial charge in [-0.05, 0) is 43.9 Å². The average molecular weight is 518 g/mol. The van der Waals surface area contributed by atoms with Crippen LogP contribution in [-0.4, -0.2) is 87.1 Å². The lowest BCUT2D eigenvalue weighted by molar-refractivity contribution is -0.152. The molecule has 37 heavy (non-hydrogen) atoms. The molecule has 0 amide bonds. The third-order valence-corrected chi connectivity index (χ3v) is 6.11. The number of methoxy groups -OCH3 is 2. The van der Waals surface area contributed by atoms with Gasteiger partial charge in [-0.2, -0.15) is 0 Å². The number of ether oxygens (including phenoxy) is 3. The van der Waals surface area contributed by atoms with Gasteiger partial charge < -0.3 is 34.6 Å². The molecule has 0 saturated heterocycles. The summed E-state index contributed by atoms with van der Waals surface area (Å²) in [5.41, 5.74) is 3.78. The summed E-state index contributed by atoms with van der Waals surface area (Å²) in [6, 6.07) is 4.46. The van der Waals surface area contributed by atoms with Gasteiger partial charge in [0.2, 0.25) is 0 Å². The minimum Gasteiger partial charge on any atom is -0.493 e. The standard InChI is InChI=1S/C21H25N3O4.C4H6O5/c1-4-28-19-8-14-15-7-13(25)5-6-17(15)24-20(16(14)9-18(19)26-2)12-10-22-21(27-3)23-11-12;5-2(4(8)9)1-3(6)7/h8-11,13,15,17,25H,4-7H2,1-3H3;2,5H,1H2,(H,6,7)(H,8,9)/t13-,15-,17-;2-/m10/s1. The molecule has 4 N–H and O–H groups in total. The maximum atomic E-state index is 10.2. The van der Waals surface area contributed by atoms with Crippen molar-refractivity contribution in [2.24, 2.45) is 4.99 Å². The Balaban J connectivity index is 0.000000364. The Hall–Kier alpha value is -3.77. The van der Waals surface area contributed by atoms with Crippen LogP contribution in [-0.2, 0) is 9.59 Å². The van der Waals surface area contributed by atoms with Crippen molar-refractivity contribution in [3.05, 3.63) is 41.2 Å². The number of carbonyl (C=O) groups is 2. The maximum absolute atomic E-state index is 10.2. The topological polar surface area (TPSA) is 181 Å². The molecular formula is C25H31N3O9. The Morgan fingerprint density at radius 1 is 1.08 bits per heavy atom. The van der Waals surface area contributed by atoms with E-state index in [1.54, 1.807) is 26.6 Å². The number of rotatable bonds is 8. The van der Waals surface area contributed by atoms with E-state index in [-0.39, 0.29) is 18.1 Å². The molecule has 4 atom stereocenters. The number of carboxylic acid groups (broad SMARTS) is 2. The number of hydrogen-bond donors (Lipinski definition) is 4. The van der Waals surface area contributed by atoms with Crippen molar-refractivity contribution >= 4 is 17.7 Å². The molecule has 0 radical (unpaired) electrons. The summed E-state index contributed by atoms with van der Waals surface area (Å²) in [7, 11) is 3.17. The van der Waals surface area contributed by atoms with Gasteiger partial charge in [0.1, 0.15) is 0 Å². The van der Waals surface area contributed by atoms with E-state index in [2.05, 4.69) is 9.97 Å². The fourth-order valence-corrected chi connectivity index (χ4v) is 4.40. The van der Waals surface area contributed by atoms with Gasteiger partial charge in [0.05, 0.1) is 45.1 Å². The second-order valence-electron chi connectivity index (χ2n) is 8.55. The molecule has 1 aliphatic carbocycles. The second kappa shape index (κ2) is 12.5. The molecular weight excluding hydrogens is 486 g/mol. The van der Waals surface area contributed by atoms with Crippen molar-refractivity contribution in [3.8, 4) is 17.5 Å². The smallest absolute Gasteiger partial charge is 0.333 e. The Labute approximate surface area is 213 Å². The molecule has 12 nitrogen and oxygen atoms in total. The minimum absolute atomic E-state index is 0.121. The van der Waals surface area contributed by atoms with Crippen LogP contribution in [0.1, 0.15) is 55.2 Å². The highest BCUT2D eigenvalue weighted by Gasteiger charge is 2.37. The zero-order valence-corrected chi connectivity index (χ0v) is 20.8. The van der Waals surface area contributed by atoms with Crippen molar-refractivity contribution in [1.82, 2.24) is 9.97 Å². The first kappa shape index (κ1) is 27.8. The Morgan fingerprint density at radius 3 is 2.32 bits per heavy atom. The first-order valence-electron chi connectivity index (χ1n) is 11.8. The average Bonchev–Trinajstić information content (AvgIpc) is 2.88. The van der Waals surface area contributed by atoms with Gasteiger partial charge in [-0.25, -0.2) is 14.8 Å². The van der Waals surface area contributed by atoms with E-state index in [1.807, 2.05) is 19.1 Å². The molecule has 2 heterocycles. The number of carboxylic acids is 2. The maximum Gasteiger partial charge on any atom is 0.333 e. The molecule has 0 unspecified atom stereocenters. The fraction of sp³-hybridized carbons (Fsp3) is 0.480. The molecule has 0 bridgehead atoms. The van der Waals surface area contributed by atoms with E-state index in [0.29, 0.717) is 24.8 Å². The minimum atomic E-state index is -1.79. The Kier molecular flexibility index (Phi) is 9.36. The van der Waals surface area contributed by atoms with Gasteiger partial charge in [0.15, 0.2) is 17.6 Å². The fourth-order valence-electron chi connectivity index (χ4n) is 4.40. The van der Waals surface area contributed by atoms with Gasteiger partial charge in [0.25, 0.3) is 0 Å². The Morgan fingerprint density at radius 2 is 1.78 bits per heavy atom. The lowest BCUT2D eigenvalue weighted by atomic mass is 9.74. The van der Waals surface area contributed by atoms with E-state index in [0.717, 1.165) is 41.0 Å². The van der Waals surface area contributed by atoms with E-state index in [1.165, 1.54) is 0 Å². The van der Waals surface area contributed by atoms with Crippen LogP contribution in [0.2, 0.25) is 0 Å². The molecule has 1 aliphatic heterocycles. The van der Waals surface area contributed by atoms with Gasteiger partial charge in [-0.3, -0.25) is 9.79 Å². The van der Waals surface area contributed by atoms with Crippen LogP contribution in [0.15, 0.2) is 29.5 Å². The molecule has 1 aromatic heterocycles. The lowest BCUT2D eigenvalue weighted by Crippen LogP contribution is -2.34. The highest BCUT2D eigenvalue weighted by atomic mass is 16.5. The summed E-state index contributed by atoms with van der Waals surface area (Å²) in [5.74, 6) is -1.30. The number of aromatic nitrogens is 2. The molecule has 0 spiro atoms. The van der Waals surface area contributed by atoms with Gasteiger partial charge in [0, 0.05) is 29.4 Å². The number of hydrogen-bond acceptors (Lipinski definition) is 10. The quantitative estimate of drug-likeness (QED) is 0.400. The molecule has 2 aliphatic rings. The SMILES string of the molecule is CCOc1cc2c(cc1OC)C(c1cnc(OC)nc1)=N[C@@H]1CC[C@@H](O)C[C@H]21.O=C(O)C[C@H](O)C(=O)O. The highest BCUT2D eigenvalue weighted by molar-refractivity contribution is 6.14. The van der Waals surface area contributed by atoms with Gasteiger partial charge >= 0.3 is 17.9 Å². The van der Waals surface area contributed by atoms with Crippen LogP contribution >= 0.6 is 0 Å². The van der Waals surface area contributed by atoms with Gasteiger partial charge in [-0.1, -0.05) is 0 Å². The van der Waals surface area contributed by atoms with Crippen LogP contribution in [0.4, 0.5) is 0 Å². The normalized spacial score (nSPS) is 20.7. The first-order valence-corrected chi connectivity index (χ1v) is 11.8. The summed E-state index contributed by atoms with van der Waals surface area (Å²) in [6.45, 7) is 2.51. The molecule has 1 aromatic carbocycles. The van der Waals surface area contributed by atoms with Crippen molar-refractivity contribution in [2.45, 2.75) is 56.8 Å². The van der Waals surface area contributed by atoms with Crippen molar-refractivity contribution in [3.63, 3.8) is 0 Å². The number of fused-ring (bicyclic) bond motifs is 3. The van der Waals surface area contributed by atoms with E-state index >= 15 is 0 Å². The first-order chi connectivity index (χ1) is 17.7. The van der Waals surface area contributed by atoms with E-state index in [4.69, 9.17) is 34.5 Å². The van der Waals surface area contributed by atoms with E-state index < -0.39 is 24.5 Å². The molecule has 2 aromatic rings. The third-order valence-electron chi connectivity index (χ3n) is 6.11. The number of aliphatic hydroxyl groups is 2. The van der Waals surface area contributed by atoms with Crippen LogP contribution in [0.3, 0.4) is 0 Å². The van der Waals surface area contributed by atoms with Crippen molar-refractivity contribution in [2.75, 3.05) is 20.8 Å². The summed E-state index contributed by atoms with van der Waals surface area (Å²) >= 11 is 0. The van der Waals surface area contributed by atoms with Gasteiger partial charge in [-0.15, -0.1) is 0 Å². The predicted octanol–water partition coefficient (Wildman–Crippen LogP) is 1.65. The van der Waals surface area contributed by atoms with Crippen molar-refractivity contribution < 1.29 is 44.2 Å².